The van der Waals surface area contributed by atoms with E-state index >= 15 is 0 Å². The van der Waals surface area contributed by atoms with E-state index in [9.17, 15) is 0 Å². The molecule has 0 amide bonds. The second-order valence-electron chi connectivity index (χ2n) is 6.70. The molecule has 0 unspecified atom stereocenters. The Labute approximate surface area is 176 Å². The van der Waals surface area contributed by atoms with Crippen molar-refractivity contribution in [1.82, 2.24) is 0 Å². The van der Waals surface area contributed by atoms with Crippen molar-refractivity contribution >= 4 is 86.0 Å². The fourth-order valence-electron chi connectivity index (χ4n) is 3.56. The Morgan fingerprint density at radius 2 is 0.750 bits per heavy atom. The molecule has 134 valence electrons. The molecule has 4 heteroatoms. The molecule has 0 atom stereocenters. The summed E-state index contributed by atoms with van der Waals surface area (Å²) in [5.41, 5.74) is 0. The first-order valence-corrected chi connectivity index (χ1v) is 12.9. The Balaban J connectivity index is 1.60. The van der Waals surface area contributed by atoms with Crippen molar-refractivity contribution in [3.63, 3.8) is 0 Å². The SMILES string of the molecule is c1ccc2sc(P(c3cc4ccccc4s3)c3cc4ccccc4s3)cc2c1. The second kappa shape index (κ2) is 6.79. The standard InChI is InChI=1S/C24H15PS3/c1-4-10-19-16(7-1)13-22(26-19)25(23-14-17-8-2-5-11-20(17)27-23)24-15-18-9-3-6-12-21(18)28-24/h1-15H. The molecule has 0 aliphatic carbocycles. The molecule has 0 nitrogen and oxygen atoms in total. The summed E-state index contributed by atoms with van der Waals surface area (Å²) in [7, 11) is -0.531. The van der Waals surface area contributed by atoms with E-state index in [0.717, 1.165) is 0 Å². The van der Waals surface area contributed by atoms with Crippen LogP contribution in [0.4, 0.5) is 0 Å². The Hall–Kier alpha value is -2.03. The van der Waals surface area contributed by atoms with Crippen molar-refractivity contribution in [2.75, 3.05) is 0 Å². The van der Waals surface area contributed by atoms with E-state index in [0.29, 0.717) is 0 Å². The van der Waals surface area contributed by atoms with Gasteiger partial charge in [0.15, 0.2) is 0 Å². The summed E-state index contributed by atoms with van der Waals surface area (Å²) < 4.78 is 8.63. The van der Waals surface area contributed by atoms with Gasteiger partial charge in [-0.15, -0.1) is 34.0 Å². The van der Waals surface area contributed by atoms with Gasteiger partial charge >= 0.3 is 0 Å². The predicted octanol–water partition coefficient (Wildman–Crippen LogP) is 7.09. The predicted molar refractivity (Wildman–Crippen MR) is 131 cm³/mol. The summed E-state index contributed by atoms with van der Waals surface area (Å²) in [4.78, 5) is 0. The summed E-state index contributed by atoms with van der Waals surface area (Å²) >= 11 is 5.87. The fraction of sp³-hybridized carbons (Fsp3) is 0. The third-order valence-electron chi connectivity index (χ3n) is 4.90. The highest BCUT2D eigenvalue weighted by Gasteiger charge is 2.23. The lowest BCUT2D eigenvalue weighted by molar-refractivity contribution is 1.86. The summed E-state index contributed by atoms with van der Waals surface area (Å²) in [6.45, 7) is 0. The molecule has 3 aromatic heterocycles. The molecule has 0 fully saturated rings. The highest BCUT2D eigenvalue weighted by atomic mass is 32.1. The molecule has 0 saturated heterocycles. The molecule has 3 heterocycles. The average Bonchev–Trinajstić information content (AvgIpc) is 3.44. The summed E-state index contributed by atoms with van der Waals surface area (Å²) in [6.07, 6.45) is 0. The Morgan fingerprint density at radius 1 is 0.429 bits per heavy atom. The van der Waals surface area contributed by atoms with Crippen LogP contribution in [0.3, 0.4) is 0 Å². The average molecular weight is 431 g/mol. The van der Waals surface area contributed by atoms with Crippen LogP contribution in [0, 0.1) is 0 Å². The van der Waals surface area contributed by atoms with Gasteiger partial charge in [0, 0.05) is 35.9 Å². The lowest BCUT2D eigenvalue weighted by Gasteiger charge is -2.12. The highest BCUT2D eigenvalue weighted by molar-refractivity contribution is 7.91. The molecule has 0 spiro atoms. The van der Waals surface area contributed by atoms with Crippen LogP contribution in [-0.2, 0) is 0 Å². The van der Waals surface area contributed by atoms with Crippen molar-refractivity contribution in [1.29, 1.82) is 0 Å². The molecule has 0 bridgehead atoms. The maximum atomic E-state index is 2.42. The lowest BCUT2D eigenvalue weighted by Crippen LogP contribution is -2.13. The first kappa shape index (κ1) is 16.9. The first-order chi connectivity index (χ1) is 13.8. The minimum absolute atomic E-state index is 0.531. The number of hydrogen-bond donors (Lipinski definition) is 0. The summed E-state index contributed by atoms with van der Waals surface area (Å²) in [5, 5.41) is 4.08. The Morgan fingerprint density at radius 3 is 1.07 bits per heavy atom. The van der Waals surface area contributed by atoms with E-state index in [1.807, 2.05) is 34.0 Å². The van der Waals surface area contributed by atoms with Crippen molar-refractivity contribution in [2.24, 2.45) is 0 Å². The van der Waals surface area contributed by atoms with Gasteiger partial charge in [0.05, 0.1) is 0 Å². The zero-order chi connectivity index (χ0) is 18.5. The van der Waals surface area contributed by atoms with Crippen molar-refractivity contribution in [3.8, 4) is 0 Å². The van der Waals surface area contributed by atoms with E-state index in [1.165, 1.54) is 44.1 Å². The van der Waals surface area contributed by atoms with Crippen LogP contribution in [-0.4, -0.2) is 0 Å². The molecule has 6 rings (SSSR count). The van der Waals surface area contributed by atoms with E-state index in [1.54, 1.807) is 0 Å². The summed E-state index contributed by atoms with van der Waals surface area (Å²) in [5.74, 6) is 0. The van der Waals surface area contributed by atoms with E-state index in [4.69, 9.17) is 0 Å². The topological polar surface area (TPSA) is 0 Å². The molecule has 0 saturated carbocycles. The van der Waals surface area contributed by atoms with Gasteiger partial charge in [0.2, 0.25) is 0 Å². The molecular weight excluding hydrogens is 415 g/mol. The smallest absolute Gasteiger partial charge is 0.0397 e. The summed E-state index contributed by atoms with van der Waals surface area (Å²) in [6, 6.07) is 33.5. The van der Waals surface area contributed by atoms with Crippen molar-refractivity contribution in [2.45, 2.75) is 0 Å². The fourth-order valence-corrected chi connectivity index (χ4v) is 11.7. The molecule has 3 aromatic carbocycles. The zero-order valence-electron chi connectivity index (χ0n) is 14.8. The van der Waals surface area contributed by atoms with E-state index < -0.39 is 7.92 Å². The van der Waals surface area contributed by atoms with Crippen molar-refractivity contribution < 1.29 is 0 Å². The molecule has 0 aliphatic rings. The molecule has 0 radical (unpaired) electrons. The monoisotopic (exact) mass is 430 g/mol. The van der Waals surface area contributed by atoms with Gasteiger partial charge in [-0.1, -0.05) is 54.6 Å². The molecule has 28 heavy (non-hydrogen) atoms. The van der Waals surface area contributed by atoms with Gasteiger partial charge in [-0.3, -0.25) is 0 Å². The van der Waals surface area contributed by atoms with Gasteiger partial charge in [0.25, 0.3) is 0 Å². The number of hydrogen-bond acceptors (Lipinski definition) is 3. The number of thiophene rings is 3. The van der Waals surface area contributed by atoms with Crippen molar-refractivity contribution in [3.05, 3.63) is 91.0 Å². The van der Waals surface area contributed by atoms with Crippen LogP contribution >= 0.6 is 41.9 Å². The van der Waals surface area contributed by atoms with Crippen LogP contribution in [0.25, 0.3) is 30.3 Å². The molecular formula is C24H15PS3. The first-order valence-electron chi connectivity index (χ1n) is 9.11. The van der Waals surface area contributed by atoms with Gasteiger partial charge in [-0.25, -0.2) is 0 Å². The lowest BCUT2D eigenvalue weighted by atomic mass is 10.3. The normalized spacial score (nSPS) is 11.9. The van der Waals surface area contributed by atoms with Gasteiger partial charge in [-0.2, -0.15) is 0 Å². The zero-order valence-corrected chi connectivity index (χ0v) is 18.2. The maximum Gasteiger partial charge on any atom is 0.0397 e. The van der Waals surface area contributed by atoms with Crippen LogP contribution in [0.15, 0.2) is 91.0 Å². The second-order valence-corrected chi connectivity index (χ2v) is 13.0. The van der Waals surface area contributed by atoms with Crippen LogP contribution in [0.1, 0.15) is 0 Å². The highest BCUT2D eigenvalue weighted by Crippen LogP contribution is 2.43. The van der Waals surface area contributed by atoms with Gasteiger partial charge in [0.1, 0.15) is 0 Å². The number of rotatable bonds is 3. The Bertz CT molecular complexity index is 1160. The number of fused-ring (bicyclic) bond motifs is 3. The third kappa shape index (κ3) is 2.82. The van der Waals surface area contributed by atoms with Crippen LogP contribution in [0.5, 0.6) is 0 Å². The third-order valence-corrected chi connectivity index (χ3v) is 11.8. The minimum atomic E-state index is -0.531. The molecule has 0 N–H and O–H groups in total. The Kier molecular flexibility index (Phi) is 4.09. The van der Waals surface area contributed by atoms with Gasteiger partial charge in [-0.05, 0) is 52.6 Å². The van der Waals surface area contributed by atoms with Crippen LogP contribution < -0.4 is 13.9 Å². The van der Waals surface area contributed by atoms with E-state index in [2.05, 4.69) is 91.0 Å². The van der Waals surface area contributed by atoms with E-state index in [-0.39, 0.29) is 0 Å². The largest absolute Gasteiger partial charge is 0.135 e. The minimum Gasteiger partial charge on any atom is -0.135 e. The van der Waals surface area contributed by atoms with Gasteiger partial charge < -0.3 is 0 Å². The maximum absolute atomic E-state index is 2.42. The molecule has 0 aliphatic heterocycles. The quantitative estimate of drug-likeness (QED) is 0.263. The van der Waals surface area contributed by atoms with Crippen LogP contribution in [0.2, 0.25) is 0 Å². The molecule has 6 aromatic rings. The number of benzene rings is 3.